The van der Waals surface area contributed by atoms with Crippen LogP contribution in [0.1, 0.15) is 32.2 Å². The van der Waals surface area contributed by atoms with Gasteiger partial charge >= 0.3 is 5.97 Å². The van der Waals surface area contributed by atoms with Crippen LogP contribution in [0.2, 0.25) is 0 Å². The van der Waals surface area contributed by atoms with Crippen molar-refractivity contribution in [1.29, 1.82) is 0 Å². The molecule has 0 saturated carbocycles. The van der Waals surface area contributed by atoms with Crippen molar-refractivity contribution in [1.82, 2.24) is 4.98 Å². The zero-order valence-electron chi connectivity index (χ0n) is 18.1. The lowest BCUT2D eigenvalue weighted by atomic mass is 10.1. The number of benzene rings is 2. The highest BCUT2D eigenvalue weighted by atomic mass is 32.2. The van der Waals surface area contributed by atoms with Gasteiger partial charge in [-0.25, -0.2) is 9.78 Å². The second-order valence-electron chi connectivity index (χ2n) is 7.29. The van der Waals surface area contributed by atoms with Crippen LogP contribution < -0.4 is 5.32 Å². The van der Waals surface area contributed by atoms with Crippen LogP contribution in [-0.4, -0.2) is 33.5 Å². The molecular formula is C24H23N3O3S3. The molecule has 0 spiro atoms. The van der Waals surface area contributed by atoms with Crippen LogP contribution in [0.3, 0.4) is 0 Å². The van der Waals surface area contributed by atoms with Gasteiger partial charge in [0.15, 0.2) is 0 Å². The van der Waals surface area contributed by atoms with Crippen LogP contribution >= 0.6 is 34.9 Å². The van der Waals surface area contributed by atoms with E-state index in [4.69, 9.17) is 4.74 Å². The summed E-state index contributed by atoms with van der Waals surface area (Å²) in [5, 5.41) is 5.41. The highest BCUT2D eigenvalue weighted by Crippen LogP contribution is 2.27. The molecule has 0 saturated heterocycles. The molecule has 1 aliphatic rings. The molecule has 170 valence electrons. The van der Waals surface area contributed by atoms with Crippen molar-refractivity contribution < 1.29 is 14.3 Å². The summed E-state index contributed by atoms with van der Waals surface area (Å²) >= 11 is 4.79. The second-order valence-corrected chi connectivity index (χ2v) is 10.5. The Kier molecular flexibility index (Phi) is 8.20. The molecule has 4 rings (SSSR count). The van der Waals surface area contributed by atoms with Gasteiger partial charge in [-0.2, -0.15) is 0 Å². The number of aliphatic imine (C=N–C) groups is 1. The molecule has 0 aliphatic carbocycles. The third kappa shape index (κ3) is 6.69. The van der Waals surface area contributed by atoms with Crippen molar-refractivity contribution in [2.24, 2.45) is 4.99 Å². The Morgan fingerprint density at radius 2 is 1.97 bits per heavy atom. The predicted molar refractivity (Wildman–Crippen MR) is 137 cm³/mol. The van der Waals surface area contributed by atoms with E-state index in [1.807, 2.05) is 54.8 Å². The number of aryl methyl sites for hydroxylation is 1. The molecule has 1 aromatic heterocycles. The molecule has 1 N–H and O–H groups in total. The van der Waals surface area contributed by atoms with Crippen LogP contribution in [0.15, 0.2) is 58.9 Å². The Labute approximate surface area is 205 Å². The van der Waals surface area contributed by atoms with Crippen molar-refractivity contribution in [2.75, 3.05) is 17.6 Å². The fourth-order valence-corrected chi connectivity index (χ4v) is 5.94. The number of carbonyl (C=O) groups is 2. The summed E-state index contributed by atoms with van der Waals surface area (Å²) in [7, 11) is 0. The fourth-order valence-electron chi connectivity index (χ4n) is 3.15. The highest BCUT2D eigenvalue weighted by molar-refractivity contribution is 8.38. The predicted octanol–water partition coefficient (Wildman–Crippen LogP) is 5.33. The maximum absolute atomic E-state index is 12.7. The average Bonchev–Trinajstić information content (AvgIpc) is 3.50. The van der Waals surface area contributed by atoms with Crippen LogP contribution in [0, 0.1) is 6.92 Å². The number of hydrogen-bond donors (Lipinski definition) is 1. The van der Waals surface area contributed by atoms with E-state index in [0.29, 0.717) is 22.0 Å². The number of rotatable bonds is 8. The van der Waals surface area contributed by atoms with E-state index in [0.717, 1.165) is 33.5 Å². The number of thiazole rings is 1. The van der Waals surface area contributed by atoms with Gasteiger partial charge in [0.05, 0.1) is 24.2 Å². The van der Waals surface area contributed by atoms with Gasteiger partial charge in [-0.15, -0.1) is 11.3 Å². The highest BCUT2D eigenvalue weighted by Gasteiger charge is 2.16. The number of nitrogens with zero attached hydrogens (tertiary/aromatic N) is 2. The largest absolute Gasteiger partial charge is 0.456 e. The topological polar surface area (TPSA) is 80.6 Å². The number of esters is 1. The van der Waals surface area contributed by atoms with Crippen molar-refractivity contribution in [3.63, 3.8) is 0 Å². The molecule has 3 aromatic rings. The van der Waals surface area contributed by atoms with E-state index >= 15 is 0 Å². The van der Waals surface area contributed by atoms with Crippen LogP contribution in [0.4, 0.5) is 5.69 Å². The van der Waals surface area contributed by atoms with Crippen LogP contribution in [0.5, 0.6) is 0 Å². The third-order valence-corrected chi connectivity index (χ3v) is 8.03. The van der Waals surface area contributed by atoms with Gasteiger partial charge in [-0.3, -0.25) is 9.79 Å². The molecule has 2 heterocycles. The smallest absolute Gasteiger partial charge is 0.338 e. The summed E-state index contributed by atoms with van der Waals surface area (Å²) < 4.78 is 6.59. The first kappa shape index (κ1) is 23.5. The molecule has 6 nitrogen and oxygen atoms in total. The molecule has 1 aliphatic heterocycles. The van der Waals surface area contributed by atoms with Gasteiger partial charge in [0.2, 0.25) is 5.91 Å². The summed E-state index contributed by atoms with van der Waals surface area (Å²) in [6, 6.07) is 15.1. The number of ether oxygens (including phenoxy) is 1. The van der Waals surface area contributed by atoms with Gasteiger partial charge in [0, 0.05) is 22.6 Å². The van der Waals surface area contributed by atoms with E-state index in [9.17, 15) is 9.59 Å². The standard InChI is InChI=1S/C24H23N3O3S3/c1-16-6-2-5-9-20(16)27-21(28)12-22-26-18(15-32-22)13-30-23(29)19-8-4-3-7-17(19)14-33-24-25-10-11-31-24/h2-9,15H,10-14H2,1H3,(H,27,28). The molecule has 33 heavy (non-hydrogen) atoms. The lowest BCUT2D eigenvalue weighted by molar-refractivity contribution is -0.115. The number of thioether (sulfide) groups is 2. The quantitative estimate of drug-likeness (QED) is 0.424. The van der Waals surface area contributed by atoms with Gasteiger partial charge < -0.3 is 10.1 Å². The first-order chi connectivity index (χ1) is 16.1. The first-order valence-electron chi connectivity index (χ1n) is 10.4. The Balaban J connectivity index is 1.30. The molecule has 9 heteroatoms. The zero-order valence-corrected chi connectivity index (χ0v) is 20.5. The SMILES string of the molecule is Cc1ccccc1NC(=O)Cc1nc(COC(=O)c2ccccc2CSC2=NCCS2)cs1. The summed E-state index contributed by atoms with van der Waals surface area (Å²) in [6.45, 7) is 2.88. The number of carbonyl (C=O) groups excluding carboxylic acids is 2. The molecule has 0 atom stereocenters. The van der Waals surface area contributed by atoms with Crippen LogP contribution in [0.25, 0.3) is 0 Å². The second kappa shape index (κ2) is 11.5. The molecule has 0 fully saturated rings. The normalized spacial score (nSPS) is 12.9. The molecule has 1 amide bonds. The van der Waals surface area contributed by atoms with E-state index in [1.165, 1.54) is 11.3 Å². The number of hydrogen-bond acceptors (Lipinski definition) is 8. The number of aromatic nitrogens is 1. The summed E-state index contributed by atoms with van der Waals surface area (Å²) in [5.41, 5.74) is 3.92. The molecular weight excluding hydrogens is 474 g/mol. The monoisotopic (exact) mass is 497 g/mol. The van der Waals surface area contributed by atoms with Crippen molar-refractivity contribution in [3.8, 4) is 0 Å². The lowest BCUT2D eigenvalue weighted by Gasteiger charge is -2.09. The van der Waals surface area contributed by atoms with E-state index in [-0.39, 0.29) is 24.9 Å². The molecule has 2 aromatic carbocycles. The Bertz CT molecular complexity index is 1180. The number of anilines is 1. The fraction of sp³-hybridized carbons (Fsp3) is 0.250. The number of amides is 1. The van der Waals surface area contributed by atoms with E-state index < -0.39 is 0 Å². The minimum Gasteiger partial charge on any atom is -0.456 e. The zero-order chi connectivity index (χ0) is 23.0. The molecule has 0 unspecified atom stereocenters. The summed E-state index contributed by atoms with van der Waals surface area (Å²) in [5.74, 6) is 1.20. The van der Waals surface area contributed by atoms with Crippen LogP contribution in [-0.2, 0) is 28.3 Å². The molecule has 0 bridgehead atoms. The maximum Gasteiger partial charge on any atom is 0.338 e. The van der Waals surface area contributed by atoms with E-state index in [2.05, 4.69) is 15.3 Å². The first-order valence-corrected chi connectivity index (χ1v) is 13.3. The van der Waals surface area contributed by atoms with E-state index in [1.54, 1.807) is 29.6 Å². The summed E-state index contributed by atoms with van der Waals surface area (Å²) in [6.07, 6.45) is 0.175. The number of para-hydroxylation sites is 1. The summed E-state index contributed by atoms with van der Waals surface area (Å²) in [4.78, 5) is 33.9. The number of nitrogens with one attached hydrogen (secondary N) is 1. The van der Waals surface area contributed by atoms with Gasteiger partial charge in [-0.05, 0) is 30.2 Å². The van der Waals surface area contributed by atoms with Gasteiger partial charge in [0.25, 0.3) is 0 Å². The average molecular weight is 498 g/mol. The Hall–Kier alpha value is -2.62. The minimum atomic E-state index is -0.376. The van der Waals surface area contributed by atoms with Gasteiger partial charge in [0.1, 0.15) is 16.0 Å². The minimum absolute atomic E-state index is 0.0682. The van der Waals surface area contributed by atoms with Crippen molar-refractivity contribution >= 4 is 56.8 Å². The Morgan fingerprint density at radius 1 is 1.15 bits per heavy atom. The Morgan fingerprint density at radius 3 is 2.79 bits per heavy atom. The third-order valence-electron chi connectivity index (χ3n) is 4.83. The lowest BCUT2D eigenvalue weighted by Crippen LogP contribution is -2.15. The maximum atomic E-state index is 12.7. The van der Waals surface area contributed by atoms with Gasteiger partial charge in [-0.1, -0.05) is 59.9 Å². The van der Waals surface area contributed by atoms with Crippen molar-refractivity contribution in [3.05, 3.63) is 81.3 Å². The molecule has 0 radical (unpaired) electrons. The van der Waals surface area contributed by atoms with Crippen molar-refractivity contribution in [2.45, 2.75) is 25.7 Å².